The van der Waals surface area contributed by atoms with E-state index in [1.165, 1.54) is 6.21 Å². The topological polar surface area (TPSA) is 35.9 Å². The summed E-state index contributed by atoms with van der Waals surface area (Å²) in [7, 11) is 0. The van der Waals surface area contributed by atoms with Gasteiger partial charge in [0.15, 0.2) is 0 Å². The first-order chi connectivity index (χ1) is 4.31. The summed E-state index contributed by atoms with van der Waals surface area (Å²) >= 11 is 0. The number of rotatable bonds is 5. The first-order valence-corrected chi connectivity index (χ1v) is 3.53. The minimum Gasteiger partial charge on any atom is -0.314 e. The van der Waals surface area contributed by atoms with Crippen molar-refractivity contribution >= 4 is 6.21 Å². The molecule has 0 heterocycles. The van der Waals surface area contributed by atoms with E-state index < -0.39 is 0 Å². The van der Waals surface area contributed by atoms with Crippen LogP contribution in [0.4, 0.5) is 0 Å². The summed E-state index contributed by atoms with van der Waals surface area (Å²) in [5, 5.41) is 10.0. The number of hydrogen-bond acceptors (Lipinski definition) is 2. The highest BCUT2D eigenvalue weighted by molar-refractivity contribution is 5.52. The van der Waals surface area contributed by atoms with Gasteiger partial charge in [-0.25, -0.2) is 0 Å². The lowest BCUT2D eigenvalue weighted by atomic mass is 10.2. The molecule has 0 spiro atoms. The SMILES string of the molecule is CC[C@H](C)NCCC=N. The maximum absolute atomic E-state index is 6.74. The second kappa shape index (κ2) is 5.76. The van der Waals surface area contributed by atoms with E-state index >= 15 is 0 Å². The Bertz CT molecular complexity index is 71.3. The van der Waals surface area contributed by atoms with Crippen molar-refractivity contribution in [3.05, 3.63) is 0 Å². The summed E-state index contributed by atoms with van der Waals surface area (Å²) in [5.74, 6) is 0. The zero-order valence-electron chi connectivity index (χ0n) is 6.28. The zero-order chi connectivity index (χ0) is 7.11. The van der Waals surface area contributed by atoms with Crippen LogP contribution in [-0.4, -0.2) is 18.8 Å². The molecule has 0 aromatic carbocycles. The van der Waals surface area contributed by atoms with Gasteiger partial charge in [-0.15, -0.1) is 0 Å². The third kappa shape index (κ3) is 5.50. The molecule has 0 aromatic heterocycles. The van der Waals surface area contributed by atoms with E-state index in [4.69, 9.17) is 5.41 Å². The summed E-state index contributed by atoms with van der Waals surface area (Å²) in [6.07, 6.45) is 3.46. The molecule has 0 aliphatic rings. The maximum atomic E-state index is 6.74. The van der Waals surface area contributed by atoms with Crippen LogP contribution < -0.4 is 5.32 Å². The van der Waals surface area contributed by atoms with Gasteiger partial charge >= 0.3 is 0 Å². The van der Waals surface area contributed by atoms with Gasteiger partial charge in [-0.3, -0.25) is 0 Å². The van der Waals surface area contributed by atoms with Crippen LogP contribution >= 0.6 is 0 Å². The molecular weight excluding hydrogens is 112 g/mol. The van der Waals surface area contributed by atoms with Crippen molar-refractivity contribution in [1.29, 1.82) is 5.41 Å². The summed E-state index contributed by atoms with van der Waals surface area (Å²) in [4.78, 5) is 0. The average molecular weight is 128 g/mol. The second-order valence-electron chi connectivity index (χ2n) is 2.26. The van der Waals surface area contributed by atoms with Crippen LogP contribution in [-0.2, 0) is 0 Å². The van der Waals surface area contributed by atoms with Gasteiger partial charge in [0.25, 0.3) is 0 Å². The average Bonchev–Trinajstić information content (AvgIpc) is 1.89. The molecule has 0 rings (SSSR count). The van der Waals surface area contributed by atoms with E-state index in [1.807, 2.05) is 0 Å². The monoisotopic (exact) mass is 128 g/mol. The molecule has 0 saturated heterocycles. The molecule has 2 N–H and O–H groups in total. The number of nitrogens with one attached hydrogen (secondary N) is 2. The third-order valence-corrected chi connectivity index (χ3v) is 1.39. The first-order valence-electron chi connectivity index (χ1n) is 3.53. The molecule has 0 amide bonds. The molecule has 9 heavy (non-hydrogen) atoms. The molecule has 0 bridgehead atoms. The molecule has 54 valence electrons. The van der Waals surface area contributed by atoms with Crippen LogP contribution in [0.25, 0.3) is 0 Å². The fourth-order valence-corrected chi connectivity index (χ4v) is 0.546. The molecule has 1 atom stereocenters. The molecule has 0 saturated carbocycles. The molecule has 2 heteroatoms. The van der Waals surface area contributed by atoms with Crippen molar-refractivity contribution < 1.29 is 0 Å². The van der Waals surface area contributed by atoms with E-state index in [-0.39, 0.29) is 0 Å². The Morgan fingerprint density at radius 1 is 1.67 bits per heavy atom. The van der Waals surface area contributed by atoms with Gasteiger partial charge in [-0.1, -0.05) is 6.92 Å². The molecule has 0 radical (unpaired) electrons. The lowest BCUT2D eigenvalue weighted by Gasteiger charge is -2.08. The summed E-state index contributed by atoms with van der Waals surface area (Å²) in [6.45, 7) is 5.25. The lowest BCUT2D eigenvalue weighted by Crippen LogP contribution is -2.26. The smallest absolute Gasteiger partial charge is 0.00362 e. The van der Waals surface area contributed by atoms with Gasteiger partial charge in [0.05, 0.1) is 0 Å². The van der Waals surface area contributed by atoms with Crippen LogP contribution in [0.15, 0.2) is 0 Å². The van der Waals surface area contributed by atoms with Crippen LogP contribution in [0, 0.1) is 5.41 Å². The molecule has 0 unspecified atom stereocenters. The minimum atomic E-state index is 0.602. The fraction of sp³-hybridized carbons (Fsp3) is 0.857. The highest BCUT2D eigenvalue weighted by Crippen LogP contribution is 1.86. The predicted octanol–water partition coefficient (Wildman–Crippen LogP) is 1.41. The lowest BCUT2D eigenvalue weighted by molar-refractivity contribution is 0.545. The van der Waals surface area contributed by atoms with E-state index in [0.29, 0.717) is 6.04 Å². The van der Waals surface area contributed by atoms with E-state index in [0.717, 1.165) is 19.4 Å². The van der Waals surface area contributed by atoms with Gasteiger partial charge in [0.1, 0.15) is 0 Å². The predicted molar refractivity (Wildman–Crippen MR) is 41.2 cm³/mol. The zero-order valence-corrected chi connectivity index (χ0v) is 6.28. The van der Waals surface area contributed by atoms with Crippen LogP contribution in [0.5, 0.6) is 0 Å². The van der Waals surface area contributed by atoms with Crippen molar-refractivity contribution in [2.75, 3.05) is 6.54 Å². The molecule has 0 aliphatic heterocycles. The van der Waals surface area contributed by atoms with E-state index in [9.17, 15) is 0 Å². The maximum Gasteiger partial charge on any atom is 0.00362 e. The normalized spacial score (nSPS) is 13.1. The molecule has 2 nitrogen and oxygen atoms in total. The Balaban J connectivity index is 2.96. The summed E-state index contributed by atoms with van der Waals surface area (Å²) in [5.41, 5.74) is 0. The van der Waals surface area contributed by atoms with Gasteiger partial charge in [0, 0.05) is 12.6 Å². The van der Waals surface area contributed by atoms with Gasteiger partial charge in [-0.2, -0.15) is 0 Å². The Labute approximate surface area is 57.2 Å². The Kier molecular flexibility index (Phi) is 5.52. The highest BCUT2D eigenvalue weighted by atomic mass is 14.9. The molecule has 0 aliphatic carbocycles. The van der Waals surface area contributed by atoms with Gasteiger partial charge in [0.2, 0.25) is 0 Å². The Morgan fingerprint density at radius 2 is 2.33 bits per heavy atom. The van der Waals surface area contributed by atoms with Crippen molar-refractivity contribution in [1.82, 2.24) is 5.32 Å². The standard InChI is InChI=1S/C7H16N2/c1-3-7(2)9-6-4-5-8/h5,7-9H,3-4,6H2,1-2H3/t7-/m0/s1. The summed E-state index contributed by atoms with van der Waals surface area (Å²) in [6, 6.07) is 0.602. The van der Waals surface area contributed by atoms with Gasteiger partial charge in [-0.05, 0) is 26.0 Å². The molecule has 0 fully saturated rings. The molecule has 0 aromatic rings. The molecular formula is C7H16N2. The van der Waals surface area contributed by atoms with Crippen LogP contribution in [0.3, 0.4) is 0 Å². The van der Waals surface area contributed by atoms with Crippen molar-refractivity contribution in [3.8, 4) is 0 Å². The first kappa shape index (κ1) is 8.63. The third-order valence-electron chi connectivity index (χ3n) is 1.39. The van der Waals surface area contributed by atoms with Crippen LogP contribution in [0.2, 0.25) is 0 Å². The summed E-state index contributed by atoms with van der Waals surface area (Å²) < 4.78 is 0. The Morgan fingerprint density at radius 3 is 2.78 bits per heavy atom. The van der Waals surface area contributed by atoms with Gasteiger partial charge < -0.3 is 10.7 Å². The fourth-order valence-electron chi connectivity index (χ4n) is 0.546. The van der Waals surface area contributed by atoms with Crippen molar-refractivity contribution in [2.45, 2.75) is 32.7 Å². The van der Waals surface area contributed by atoms with Crippen LogP contribution in [0.1, 0.15) is 26.7 Å². The van der Waals surface area contributed by atoms with Crippen molar-refractivity contribution in [3.63, 3.8) is 0 Å². The number of hydrogen-bond donors (Lipinski definition) is 2. The minimum absolute atomic E-state index is 0.602. The quantitative estimate of drug-likeness (QED) is 0.426. The Hall–Kier alpha value is -0.370. The van der Waals surface area contributed by atoms with E-state index in [1.54, 1.807) is 0 Å². The van der Waals surface area contributed by atoms with E-state index in [2.05, 4.69) is 19.2 Å². The van der Waals surface area contributed by atoms with Crippen molar-refractivity contribution in [2.24, 2.45) is 0 Å². The largest absolute Gasteiger partial charge is 0.314 e. The highest BCUT2D eigenvalue weighted by Gasteiger charge is 1.92. The second-order valence-corrected chi connectivity index (χ2v) is 2.26.